The van der Waals surface area contributed by atoms with E-state index < -0.39 is 0 Å². The van der Waals surface area contributed by atoms with E-state index in [-0.39, 0.29) is 22.6 Å². The molecule has 17 heavy (non-hydrogen) atoms. The Morgan fingerprint density at radius 3 is 2.12 bits per heavy atom. The number of primary amides is 2. The van der Waals surface area contributed by atoms with Gasteiger partial charge in [-0.25, -0.2) is 0 Å². The van der Waals surface area contributed by atoms with E-state index in [9.17, 15) is 9.59 Å². The van der Waals surface area contributed by atoms with Gasteiger partial charge in [-0.15, -0.1) is 0 Å². The average Bonchev–Trinajstić information content (AvgIpc) is 2.12. The minimum absolute atomic E-state index is 0.00898. The Bertz CT molecular complexity index is 377. The summed E-state index contributed by atoms with van der Waals surface area (Å²) in [6.45, 7) is 0. The first-order valence-electron chi connectivity index (χ1n) is 6.51. The molecule has 4 atom stereocenters. The smallest absolute Gasteiger partial charge is 0.223 e. The van der Waals surface area contributed by atoms with Gasteiger partial charge in [-0.3, -0.25) is 9.59 Å². The second kappa shape index (κ2) is 3.24. The molecule has 4 heteroatoms. The third-order valence-corrected chi connectivity index (χ3v) is 5.25. The summed E-state index contributed by atoms with van der Waals surface area (Å²) in [5, 5.41) is 0. The summed E-state index contributed by atoms with van der Waals surface area (Å²) in [6.07, 6.45) is 6.48. The van der Waals surface area contributed by atoms with Gasteiger partial charge in [0, 0.05) is 6.42 Å². The van der Waals surface area contributed by atoms with E-state index in [2.05, 4.69) is 0 Å². The van der Waals surface area contributed by atoms with Crippen LogP contribution in [0.4, 0.5) is 0 Å². The molecule has 4 fully saturated rings. The summed E-state index contributed by atoms with van der Waals surface area (Å²) in [7, 11) is 0. The minimum atomic E-state index is -0.320. The van der Waals surface area contributed by atoms with Crippen LogP contribution in [0.3, 0.4) is 0 Å². The maximum Gasteiger partial charge on any atom is 0.223 e. The molecule has 0 aliphatic heterocycles. The molecule has 4 aliphatic carbocycles. The SMILES string of the molecule is NC(=O)CC12C[C@H]3C[C@@H](C1)CC(C(N)=O)(C3)C2. The molecule has 2 unspecified atom stereocenters. The summed E-state index contributed by atoms with van der Waals surface area (Å²) in [6, 6.07) is 0. The lowest BCUT2D eigenvalue weighted by Crippen LogP contribution is -2.57. The Morgan fingerprint density at radius 1 is 1.06 bits per heavy atom. The molecule has 4 rings (SSSR count). The van der Waals surface area contributed by atoms with E-state index in [1.165, 1.54) is 6.42 Å². The molecule has 0 aromatic rings. The maximum absolute atomic E-state index is 11.8. The number of rotatable bonds is 3. The van der Waals surface area contributed by atoms with Gasteiger partial charge in [0.15, 0.2) is 0 Å². The highest BCUT2D eigenvalue weighted by molar-refractivity contribution is 5.82. The number of hydrogen-bond acceptors (Lipinski definition) is 2. The lowest BCUT2D eigenvalue weighted by atomic mass is 9.43. The normalized spacial score (nSPS) is 47.1. The maximum atomic E-state index is 11.8. The predicted octanol–water partition coefficient (Wildman–Crippen LogP) is 0.934. The van der Waals surface area contributed by atoms with Crippen molar-refractivity contribution in [2.75, 3.05) is 0 Å². The Labute approximate surface area is 101 Å². The van der Waals surface area contributed by atoms with Crippen LogP contribution >= 0.6 is 0 Å². The highest BCUT2D eigenvalue weighted by atomic mass is 16.1. The van der Waals surface area contributed by atoms with E-state index in [1.54, 1.807) is 0 Å². The van der Waals surface area contributed by atoms with Gasteiger partial charge in [0.2, 0.25) is 11.8 Å². The summed E-state index contributed by atoms with van der Waals surface area (Å²) < 4.78 is 0. The number of nitrogens with two attached hydrogens (primary N) is 2. The Kier molecular flexibility index (Phi) is 2.11. The van der Waals surface area contributed by atoms with Crippen LogP contribution in [0.25, 0.3) is 0 Å². The molecule has 4 nitrogen and oxygen atoms in total. The van der Waals surface area contributed by atoms with Crippen molar-refractivity contribution in [2.24, 2.45) is 34.1 Å². The van der Waals surface area contributed by atoms with Gasteiger partial charge in [-0.05, 0) is 55.8 Å². The molecule has 94 valence electrons. The van der Waals surface area contributed by atoms with Crippen molar-refractivity contribution < 1.29 is 9.59 Å². The van der Waals surface area contributed by atoms with E-state index in [4.69, 9.17) is 11.5 Å². The standard InChI is InChI=1S/C13H20N2O2/c14-10(16)6-12-2-8-1-9(3-12)5-13(4-8,7-12)11(15)17/h8-9H,1-7H2,(H2,14,16)(H2,15,17)/t8-,9+,12?,13?. The molecule has 0 spiro atoms. The molecule has 4 aliphatic rings. The minimum Gasteiger partial charge on any atom is -0.370 e. The van der Waals surface area contributed by atoms with Gasteiger partial charge >= 0.3 is 0 Å². The summed E-state index contributed by atoms with van der Waals surface area (Å²) in [4.78, 5) is 23.1. The van der Waals surface area contributed by atoms with Crippen LogP contribution in [0, 0.1) is 22.7 Å². The quantitative estimate of drug-likeness (QED) is 0.763. The zero-order valence-corrected chi connectivity index (χ0v) is 10.1. The molecule has 0 radical (unpaired) electrons. The van der Waals surface area contributed by atoms with Crippen LogP contribution in [-0.4, -0.2) is 11.8 Å². The first-order valence-corrected chi connectivity index (χ1v) is 6.51. The van der Waals surface area contributed by atoms with E-state index in [1.807, 2.05) is 0 Å². The fourth-order valence-corrected chi connectivity index (χ4v) is 5.32. The number of amides is 2. The van der Waals surface area contributed by atoms with Crippen LogP contribution in [0.5, 0.6) is 0 Å². The van der Waals surface area contributed by atoms with Crippen molar-refractivity contribution in [1.29, 1.82) is 0 Å². The van der Waals surface area contributed by atoms with E-state index >= 15 is 0 Å². The second-order valence-corrected chi connectivity index (χ2v) is 6.75. The lowest BCUT2D eigenvalue weighted by molar-refractivity contribution is -0.157. The molecule has 0 heterocycles. The topological polar surface area (TPSA) is 86.2 Å². The van der Waals surface area contributed by atoms with Gasteiger partial charge in [0.1, 0.15) is 0 Å². The fraction of sp³-hybridized carbons (Fsp3) is 0.846. The molecular weight excluding hydrogens is 216 g/mol. The molecule has 4 N–H and O–H groups in total. The molecule has 4 bridgehead atoms. The van der Waals surface area contributed by atoms with Gasteiger partial charge in [-0.1, -0.05) is 0 Å². The molecular formula is C13H20N2O2. The monoisotopic (exact) mass is 236 g/mol. The molecule has 4 saturated carbocycles. The van der Waals surface area contributed by atoms with Gasteiger partial charge in [0.25, 0.3) is 0 Å². The summed E-state index contributed by atoms with van der Waals surface area (Å²) in [5.74, 6) is 0.790. The largest absolute Gasteiger partial charge is 0.370 e. The van der Waals surface area contributed by atoms with Crippen molar-refractivity contribution in [1.82, 2.24) is 0 Å². The lowest BCUT2D eigenvalue weighted by Gasteiger charge is -2.60. The van der Waals surface area contributed by atoms with Crippen molar-refractivity contribution in [2.45, 2.75) is 44.9 Å². The molecule has 0 aromatic carbocycles. The van der Waals surface area contributed by atoms with Crippen LogP contribution in [-0.2, 0) is 9.59 Å². The number of carbonyl (C=O) groups excluding carboxylic acids is 2. The van der Waals surface area contributed by atoms with Gasteiger partial charge < -0.3 is 11.5 Å². The van der Waals surface area contributed by atoms with Gasteiger partial charge in [0.05, 0.1) is 5.41 Å². The van der Waals surface area contributed by atoms with Crippen LogP contribution < -0.4 is 11.5 Å². The third kappa shape index (κ3) is 1.57. The number of carbonyl (C=O) groups is 2. The molecule has 2 amide bonds. The average molecular weight is 236 g/mol. The highest BCUT2D eigenvalue weighted by Gasteiger charge is 2.60. The van der Waals surface area contributed by atoms with Crippen LogP contribution in [0.1, 0.15) is 44.9 Å². The third-order valence-electron chi connectivity index (χ3n) is 5.25. The van der Waals surface area contributed by atoms with Gasteiger partial charge in [-0.2, -0.15) is 0 Å². The number of hydrogen-bond donors (Lipinski definition) is 2. The molecule has 0 saturated heterocycles. The molecule has 0 aromatic heterocycles. The first-order chi connectivity index (χ1) is 7.93. The fourth-order valence-electron chi connectivity index (χ4n) is 5.32. The first kappa shape index (κ1) is 11.1. The second-order valence-electron chi connectivity index (χ2n) is 6.75. The van der Waals surface area contributed by atoms with E-state index in [0.717, 1.165) is 32.1 Å². The van der Waals surface area contributed by atoms with Crippen molar-refractivity contribution >= 4 is 11.8 Å². The Morgan fingerprint density at radius 2 is 1.65 bits per heavy atom. The predicted molar refractivity (Wildman–Crippen MR) is 62.6 cm³/mol. The van der Waals surface area contributed by atoms with Crippen LogP contribution in [0.2, 0.25) is 0 Å². The van der Waals surface area contributed by atoms with Crippen molar-refractivity contribution in [3.8, 4) is 0 Å². The van der Waals surface area contributed by atoms with Crippen molar-refractivity contribution in [3.63, 3.8) is 0 Å². The zero-order chi connectivity index (χ0) is 12.3. The zero-order valence-electron chi connectivity index (χ0n) is 10.1. The summed E-state index contributed by atoms with van der Waals surface area (Å²) in [5.41, 5.74) is 10.7. The highest BCUT2D eigenvalue weighted by Crippen LogP contribution is 2.66. The summed E-state index contributed by atoms with van der Waals surface area (Å²) >= 11 is 0. The Hall–Kier alpha value is -1.06. The van der Waals surface area contributed by atoms with E-state index in [0.29, 0.717) is 18.3 Å². The van der Waals surface area contributed by atoms with Crippen molar-refractivity contribution in [3.05, 3.63) is 0 Å². The van der Waals surface area contributed by atoms with Crippen LogP contribution in [0.15, 0.2) is 0 Å². The Balaban J connectivity index is 1.94.